The Kier molecular flexibility index (Phi) is 5.32. The molecule has 3 aromatic rings. The first kappa shape index (κ1) is 18.6. The minimum Gasteiger partial charge on any atom is -0.296 e. The van der Waals surface area contributed by atoms with E-state index in [1.54, 1.807) is 16.4 Å². The van der Waals surface area contributed by atoms with E-state index in [4.69, 9.17) is 0 Å². The van der Waals surface area contributed by atoms with E-state index >= 15 is 0 Å². The largest absolute Gasteiger partial charge is 0.296 e. The Hall–Kier alpha value is -1.73. The monoisotopic (exact) mass is 444 g/mol. The number of hydrogen-bond acceptors (Lipinski definition) is 3. The van der Waals surface area contributed by atoms with Crippen LogP contribution in [0.2, 0.25) is 0 Å². The van der Waals surface area contributed by atoms with Gasteiger partial charge in [-0.05, 0) is 34.5 Å². The fraction of sp³-hybridized carbons (Fsp3) is 0.238. The van der Waals surface area contributed by atoms with E-state index < -0.39 is 10.0 Å². The second-order valence-electron chi connectivity index (χ2n) is 6.78. The zero-order chi connectivity index (χ0) is 18.9. The summed E-state index contributed by atoms with van der Waals surface area (Å²) in [6.45, 7) is 3.31. The highest BCUT2D eigenvalue weighted by molar-refractivity contribution is 9.10. The van der Waals surface area contributed by atoms with Crippen LogP contribution in [0.1, 0.15) is 5.56 Å². The van der Waals surface area contributed by atoms with Crippen molar-refractivity contribution in [2.75, 3.05) is 26.2 Å². The van der Waals surface area contributed by atoms with Gasteiger partial charge in [-0.3, -0.25) is 4.90 Å². The van der Waals surface area contributed by atoms with E-state index in [0.717, 1.165) is 34.9 Å². The molecule has 1 aliphatic rings. The first-order chi connectivity index (χ1) is 13.0. The summed E-state index contributed by atoms with van der Waals surface area (Å²) >= 11 is 3.58. The van der Waals surface area contributed by atoms with Gasteiger partial charge in [0.25, 0.3) is 0 Å². The molecule has 1 heterocycles. The number of rotatable bonds is 4. The lowest BCUT2D eigenvalue weighted by Crippen LogP contribution is -2.48. The average Bonchev–Trinajstić information content (AvgIpc) is 2.70. The molecule has 0 N–H and O–H groups in total. The number of fused-ring (bicyclic) bond motifs is 1. The van der Waals surface area contributed by atoms with Crippen molar-refractivity contribution >= 4 is 36.7 Å². The normalized spacial score (nSPS) is 16.6. The van der Waals surface area contributed by atoms with E-state index in [1.165, 1.54) is 5.56 Å². The summed E-state index contributed by atoms with van der Waals surface area (Å²) in [5.74, 6) is 0. The number of benzene rings is 3. The molecule has 0 unspecified atom stereocenters. The topological polar surface area (TPSA) is 40.6 Å². The summed E-state index contributed by atoms with van der Waals surface area (Å²) in [6.07, 6.45) is 0. The summed E-state index contributed by atoms with van der Waals surface area (Å²) in [7, 11) is -3.46. The number of piperazine rings is 1. The SMILES string of the molecule is O=S(=O)(c1ccc2ccccc2c1)N1CCN(Cc2ccccc2Br)CC1. The highest BCUT2D eigenvalue weighted by Crippen LogP contribution is 2.24. The van der Waals surface area contributed by atoms with E-state index in [9.17, 15) is 8.42 Å². The predicted molar refractivity (Wildman–Crippen MR) is 112 cm³/mol. The van der Waals surface area contributed by atoms with Crippen molar-refractivity contribution in [3.8, 4) is 0 Å². The Morgan fingerprint density at radius 2 is 1.48 bits per heavy atom. The molecule has 0 radical (unpaired) electrons. The van der Waals surface area contributed by atoms with Crippen LogP contribution in [-0.4, -0.2) is 43.8 Å². The molecule has 3 aromatic carbocycles. The van der Waals surface area contributed by atoms with Crippen LogP contribution in [-0.2, 0) is 16.6 Å². The molecule has 27 heavy (non-hydrogen) atoms. The van der Waals surface area contributed by atoms with Crippen molar-refractivity contribution in [3.63, 3.8) is 0 Å². The van der Waals surface area contributed by atoms with E-state index in [0.29, 0.717) is 18.0 Å². The number of halogens is 1. The van der Waals surface area contributed by atoms with Gasteiger partial charge in [0.15, 0.2) is 0 Å². The summed E-state index contributed by atoms with van der Waals surface area (Å²) in [4.78, 5) is 2.67. The molecule has 0 aromatic heterocycles. The summed E-state index contributed by atoms with van der Waals surface area (Å²) in [6, 6.07) is 21.4. The third-order valence-corrected chi connectivity index (χ3v) is 7.71. The Labute approximate surface area is 168 Å². The Bertz CT molecular complexity index is 1060. The highest BCUT2D eigenvalue weighted by atomic mass is 79.9. The number of nitrogens with zero attached hydrogens (tertiary/aromatic N) is 2. The molecule has 0 spiro atoms. The lowest BCUT2D eigenvalue weighted by atomic mass is 10.1. The molecule has 4 nitrogen and oxygen atoms in total. The minimum absolute atomic E-state index is 0.375. The van der Waals surface area contributed by atoms with Crippen molar-refractivity contribution < 1.29 is 8.42 Å². The molecule has 6 heteroatoms. The van der Waals surface area contributed by atoms with Crippen molar-refractivity contribution in [2.24, 2.45) is 0 Å². The fourth-order valence-electron chi connectivity index (χ4n) is 3.47. The van der Waals surface area contributed by atoms with Crippen molar-refractivity contribution in [1.82, 2.24) is 9.21 Å². The molecule has 0 bridgehead atoms. The van der Waals surface area contributed by atoms with Gasteiger partial charge in [0.1, 0.15) is 0 Å². The van der Waals surface area contributed by atoms with Gasteiger partial charge < -0.3 is 0 Å². The van der Waals surface area contributed by atoms with E-state index in [-0.39, 0.29) is 0 Å². The van der Waals surface area contributed by atoms with Crippen LogP contribution in [0.25, 0.3) is 10.8 Å². The van der Waals surface area contributed by atoms with Crippen molar-refractivity contribution in [2.45, 2.75) is 11.4 Å². The summed E-state index contributed by atoms with van der Waals surface area (Å²) in [5.41, 5.74) is 1.23. The second-order valence-corrected chi connectivity index (χ2v) is 9.57. The zero-order valence-electron chi connectivity index (χ0n) is 14.9. The Balaban J connectivity index is 1.47. The first-order valence-electron chi connectivity index (χ1n) is 8.99. The molecule has 1 fully saturated rings. The van der Waals surface area contributed by atoms with Crippen LogP contribution in [0.15, 0.2) is 76.1 Å². The van der Waals surface area contributed by atoms with Gasteiger partial charge in [0.2, 0.25) is 10.0 Å². The van der Waals surface area contributed by atoms with Gasteiger partial charge in [-0.2, -0.15) is 4.31 Å². The lowest BCUT2D eigenvalue weighted by Gasteiger charge is -2.34. The van der Waals surface area contributed by atoms with Crippen LogP contribution in [0, 0.1) is 0 Å². The van der Waals surface area contributed by atoms with Crippen LogP contribution in [0.4, 0.5) is 0 Å². The minimum atomic E-state index is -3.46. The fourth-order valence-corrected chi connectivity index (χ4v) is 5.34. The van der Waals surface area contributed by atoms with Gasteiger partial charge in [0.05, 0.1) is 4.90 Å². The highest BCUT2D eigenvalue weighted by Gasteiger charge is 2.28. The molecule has 140 valence electrons. The Morgan fingerprint density at radius 3 is 2.22 bits per heavy atom. The van der Waals surface area contributed by atoms with Crippen LogP contribution in [0.3, 0.4) is 0 Å². The van der Waals surface area contributed by atoms with Crippen LogP contribution < -0.4 is 0 Å². The molecule has 0 saturated carbocycles. The molecule has 1 aliphatic heterocycles. The molecular weight excluding hydrogens is 424 g/mol. The number of hydrogen-bond donors (Lipinski definition) is 0. The van der Waals surface area contributed by atoms with E-state index in [1.807, 2.05) is 48.5 Å². The average molecular weight is 445 g/mol. The molecular formula is C21H21BrN2O2S. The molecule has 4 rings (SSSR count). The Morgan fingerprint density at radius 1 is 0.815 bits per heavy atom. The van der Waals surface area contributed by atoms with Gasteiger partial charge in [-0.15, -0.1) is 0 Å². The van der Waals surface area contributed by atoms with Gasteiger partial charge in [-0.1, -0.05) is 64.5 Å². The smallest absolute Gasteiger partial charge is 0.243 e. The first-order valence-corrected chi connectivity index (χ1v) is 11.2. The van der Waals surface area contributed by atoms with Crippen molar-refractivity contribution in [3.05, 3.63) is 76.8 Å². The van der Waals surface area contributed by atoms with Crippen molar-refractivity contribution in [1.29, 1.82) is 0 Å². The number of sulfonamides is 1. The second kappa shape index (κ2) is 7.72. The predicted octanol–water partition coefficient (Wildman–Crippen LogP) is 4.11. The molecule has 0 atom stereocenters. The quantitative estimate of drug-likeness (QED) is 0.607. The summed E-state index contributed by atoms with van der Waals surface area (Å²) < 4.78 is 28.8. The van der Waals surface area contributed by atoms with Gasteiger partial charge >= 0.3 is 0 Å². The maximum absolute atomic E-state index is 13.0. The van der Waals surface area contributed by atoms with E-state index in [2.05, 4.69) is 26.9 Å². The molecule has 0 aliphatic carbocycles. The zero-order valence-corrected chi connectivity index (χ0v) is 17.3. The summed E-state index contributed by atoms with van der Waals surface area (Å²) in [5, 5.41) is 2.00. The van der Waals surface area contributed by atoms with Gasteiger partial charge in [0, 0.05) is 37.2 Å². The van der Waals surface area contributed by atoms with Crippen LogP contribution in [0.5, 0.6) is 0 Å². The van der Waals surface area contributed by atoms with Gasteiger partial charge in [-0.25, -0.2) is 8.42 Å². The molecule has 1 saturated heterocycles. The molecule has 0 amide bonds. The maximum atomic E-state index is 13.0. The third kappa shape index (κ3) is 3.94. The third-order valence-electron chi connectivity index (χ3n) is 5.04. The standard InChI is InChI=1S/C21H21BrN2O2S/c22-21-8-4-3-7-19(21)16-23-11-13-24(14-12-23)27(25,26)20-10-9-17-5-1-2-6-18(17)15-20/h1-10,15H,11-14,16H2. The maximum Gasteiger partial charge on any atom is 0.243 e. The lowest BCUT2D eigenvalue weighted by molar-refractivity contribution is 0.181. The van der Waals surface area contributed by atoms with Crippen LogP contribution >= 0.6 is 15.9 Å².